The Hall–Kier alpha value is -2.02. The monoisotopic (exact) mass is 773 g/mol. The molecule has 0 aromatic heterocycles. The number of alkyl halides is 6. The molecule has 20 heteroatoms. The lowest BCUT2D eigenvalue weighted by Gasteiger charge is -2.54. The van der Waals surface area contributed by atoms with Crippen LogP contribution in [0.2, 0.25) is 0 Å². The number of likely N-dealkylation sites (tertiary alicyclic amines) is 2. The first-order valence-electron chi connectivity index (χ1n) is 17.7. The van der Waals surface area contributed by atoms with E-state index in [1.165, 1.54) is 0 Å². The van der Waals surface area contributed by atoms with Gasteiger partial charge in [-0.15, -0.1) is 12.4 Å². The second kappa shape index (κ2) is 20.2. The lowest BCUT2D eigenvalue weighted by molar-refractivity contribution is -0.200. The van der Waals surface area contributed by atoms with Crippen molar-refractivity contribution in [2.75, 3.05) is 78.8 Å². The first kappa shape index (κ1) is 45.4. The fraction of sp³-hybridized carbons (Fsp3) is 0.758. The number of piperazine rings is 2. The van der Waals surface area contributed by atoms with Crippen LogP contribution in [0.1, 0.15) is 31.2 Å². The average Bonchev–Trinajstić information content (AvgIpc) is 3.87. The minimum absolute atomic E-state index is 0. The molecule has 7 radical (unpaired) electrons. The van der Waals surface area contributed by atoms with Gasteiger partial charge in [-0.1, -0.05) is 30.3 Å². The standard InChI is InChI=1S/C20H26F3N3O2.C13H20F3N3O2.B2.B.ClH/c21-20(22,23)19(27)26-11-10-25(12-15-6-2-1-3-7-15)17-14-28-13-16(18(17)26)24-8-4-5-9-24;14-13(15,16)12(20)19-6-3-17-9-7-21-8-10(11(9)19)18-4-1-2-5-18;1-2;;/h1-3,6-7,16-18H,4-5,8-14H2;9-11,17H,1-8H2;;;1H/t16-,17+,18+;9-,10+,11+;;;/m01.../s1. The van der Waals surface area contributed by atoms with Gasteiger partial charge in [-0.3, -0.25) is 24.3 Å². The van der Waals surface area contributed by atoms with E-state index in [2.05, 4.69) is 35.5 Å². The van der Waals surface area contributed by atoms with E-state index in [0.717, 1.165) is 67.2 Å². The van der Waals surface area contributed by atoms with Gasteiger partial charge in [-0.05, 0) is 57.4 Å². The molecule has 0 bridgehead atoms. The molecule has 6 heterocycles. The van der Waals surface area contributed by atoms with Gasteiger partial charge in [0, 0.05) is 56.6 Å². The van der Waals surface area contributed by atoms with Gasteiger partial charge < -0.3 is 24.6 Å². The second-order valence-corrected chi connectivity index (χ2v) is 13.8. The van der Waals surface area contributed by atoms with E-state index in [-0.39, 0.29) is 58.1 Å². The van der Waals surface area contributed by atoms with E-state index in [4.69, 9.17) is 9.47 Å². The molecule has 0 spiro atoms. The van der Waals surface area contributed by atoms with Crippen LogP contribution in [0.15, 0.2) is 30.3 Å². The molecule has 291 valence electrons. The number of nitrogens with one attached hydrogen (secondary N) is 1. The fourth-order valence-corrected chi connectivity index (χ4v) is 8.56. The van der Waals surface area contributed by atoms with E-state index in [1.54, 1.807) is 0 Å². The summed E-state index contributed by atoms with van der Waals surface area (Å²) >= 11 is 0. The third kappa shape index (κ3) is 10.9. The molecular formula is C33H47B3ClF6N6O4. The van der Waals surface area contributed by atoms with Crippen molar-refractivity contribution < 1.29 is 45.4 Å². The number of carbonyl (C=O) groups excluding carboxylic acids is 2. The number of carbonyl (C=O) groups is 2. The third-order valence-corrected chi connectivity index (χ3v) is 10.8. The Morgan fingerprint density at radius 1 is 0.679 bits per heavy atom. The van der Waals surface area contributed by atoms with Crippen molar-refractivity contribution >= 4 is 48.1 Å². The smallest absolute Gasteiger partial charge is 0.378 e. The van der Waals surface area contributed by atoms with E-state index in [0.29, 0.717) is 46.1 Å². The molecule has 2 amide bonds. The molecule has 7 rings (SSSR count). The van der Waals surface area contributed by atoms with Gasteiger partial charge in [-0.25, -0.2) is 0 Å². The summed E-state index contributed by atoms with van der Waals surface area (Å²) < 4.78 is 89.8. The molecule has 53 heavy (non-hydrogen) atoms. The zero-order valence-electron chi connectivity index (χ0n) is 29.6. The van der Waals surface area contributed by atoms with E-state index < -0.39 is 36.3 Å². The number of rotatable bonds is 4. The predicted octanol–water partition coefficient (Wildman–Crippen LogP) is 1.62. The number of benzene rings is 1. The maximum atomic E-state index is 13.3. The minimum atomic E-state index is -4.85. The quantitative estimate of drug-likeness (QED) is 0.366. The zero-order chi connectivity index (χ0) is 36.8. The van der Waals surface area contributed by atoms with Crippen LogP contribution in [0.5, 0.6) is 0 Å². The molecule has 10 nitrogen and oxygen atoms in total. The summed E-state index contributed by atoms with van der Waals surface area (Å²) in [5.74, 6) is -3.43. The maximum absolute atomic E-state index is 13.3. The van der Waals surface area contributed by atoms with Gasteiger partial charge in [0.05, 0.1) is 62.7 Å². The van der Waals surface area contributed by atoms with Crippen LogP contribution in [0.3, 0.4) is 0 Å². The Balaban J connectivity index is 0.000000272. The summed E-state index contributed by atoms with van der Waals surface area (Å²) in [5, 5.41) is 3.20. The first-order chi connectivity index (χ1) is 24.4. The number of ether oxygens (including phenoxy) is 2. The SMILES string of the molecule is Cl.O=C(N1CCN(Cc2ccccc2)[C@@H]2COC[C@H](N3CCCC3)[C@H]21)C(F)(F)F.O=C(N1CCN[C@@H]2COC[C@H](N3CCCC3)[C@H]21)C(F)(F)F.[B].[B][B]. The molecule has 0 aliphatic carbocycles. The van der Waals surface area contributed by atoms with Gasteiger partial charge in [0.25, 0.3) is 0 Å². The van der Waals surface area contributed by atoms with Crippen LogP contribution in [0.4, 0.5) is 26.3 Å². The topological polar surface area (TPSA) is 80.8 Å². The molecule has 0 saturated carbocycles. The average molecular weight is 774 g/mol. The summed E-state index contributed by atoms with van der Waals surface area (Å²) in [6.07, 6.45) is -5.48. The summed E-state index contributed by atoms with van der Waals surface area (Å²) in [5.41, 5.74) is 1.11. The number of hydrogen-bond acceptors (Lipinski definition) is 8. The zero-order valence-corrected chi connectivity index (χ0v) is 30.5. The highest BCUT2D eigenvalue weighted by molar-refractivity contribution is 6.75. The van der Waals surface area contributed by atoms with Crippen molar-refractivity contribution in [3.63, 3.8) is 0 Å². The molecule has 6 fully saturated rings. The predicted molar refractivity (Wildman–Crippen MR) is 191 cm³/mol. The molecule has 6 atom stereocenters. The minimum Gasteiger partial charge on any atom is -0.378 e. The summed E-state index contributed by atoms with van der Waals surface area (Å²) in [4.78, 5) is 32.6. The van der Waals surface area contributed by atoms with Crippen LogP contribution in [0.25, 0.3) is 0 Å². The highest BCUT2D eigenvalue weighted by Gasteiger charge is 2.54. The summed E-state index contributed by atoms with van der Waals surface area (Å²) in [6, 6.07) is 8.15. The van der Waals surface area contributed by atoms with Gasteiger partial charge >= 0.3 is 24.2 Å². The molecule has 0 unspecified atom stereocenters. The number of halogens is 7. The lowest BCUT2D eigenvalue weighted by atomic mass is 9.81. The fourth-order valence-electron chi connectivity index (χ4n) is 8.56. The maximum Gasteiger partial charge on any atom is 0.471 e. The molecule has 6 saturated heterocycles. The van der Waals surface area contributed by atoms with Gasteiger partial charge in [0.2, 0.25) is 0 Å². The Morgan fingerprint density at radius 2 is 1.15 bits per heavy atom. The van der Waals surface area contributed by atoms with E-state index in [1.807, 2.05) is 30.3 Å². The van der Waals surface area contributed by atoms with Gasteiger partial charge in [0.1, 0.15) is 0 Å². The van der Waals surface area contributed by atoms with Gasteiger partial charge in [0.15, 0.2) is 0 Å². The molecule has 6 aliphatic heterocycles. The number of amides is 2. The largest absolute Gasteiger partial charge is 0.471 e. The van der Waals surface area contributed by atoms with Crippen LogP contribution in [-0.4, -0.2) is 188 Å². The van der Waals surface area contributed by atoms with Crippen molar-refractivity contribution in [1.29, 1.82) is 0 Å². The summed E-state index contributed by atoms with van der Waals surface area (Å²) in [7, 11) is 8.00. The molecule has 1 N–H and O–H groups in total. The molecular weight excluding hydrogens is 726 g/mol. The van der Waals surface area contributed by atoms with Crippen LogP contribution in [-0.2, 0) is 25.6 Å². The Morgan fingerprint density at radius 3 is 1.68 bits per heavy atom. The second-order valence-electron chi connectivity index (χ2n) is 13.8. The normalized spacial score (nSPS) is 29.5. The molecule has 6 aliphatic rings. The number of nitrogens with zero attached hydrogens (tertiary/aromatic N) is 5. The van der Waals surface area contributed by atoms with Crippen molar-refractivity contribution in [2.24, 2.45) is 0 Å². The van der Waals surface area contributed by atoms with Crippen LogP contribution >= 0.6 is 12.4 Å². The molecule has 1 aromatic carbocycles. The summed E-state index contributed by atoms with van der Waals surface area (Å²) in [6.45, 7) is 6.54. The highest BCUT2D eigenvalue weighted by atomic mass is 35.5. The van der Waals surface area contributed by atoms with Gasteiger partial charge in [-0.2, -0.15) is 26.3 Å². The van der Waals surface area contributed by atoms with Crippen molar-refractivity contribution in [3.05, 3.63) is 35.9 Å². The Labute approximate surface area is 318 Å². The Kier molecular flexibility index (Phi) is 17.3. The Bertz CT molecular complexity index is 1280. The van der Waals surface area contributed by atoms with E-state index >= 15 is 0 Å². The first-order valence-corrected chi connectivity index (χ1v) is 17.7. The highest BCUT2D eigenvalue weighted by Crippen LogP contribution is 2.33. The van der Waals surface area contributed by atoms with Crippen molar-refractivity contribution in [3.8, 4) is 0 Å². The number of fused-ring (bicyclic) bond motifs is 2. The van der Waals surface area contributed by atoms with Crippen LogP contribution in [0, 0.1) is 0 Å². The third-order valence-electron chi connectivity index (χ3n) is 10.8. The van der Waals surface area contributed by atoms with Crippen molar-refractivity contribution in [2.45, 2.75) is 80.8 Å². The van der Waals surface area contributed by atoms with E-state index in [9.17, 15) is 35.9 Å². The number of hydrogen-bond donors (Lipinski definition) is 1. The lowest BCUT2D eigenvalue weighted by Crippen LogP contribution is -2.72. The van der Waals surface area contributed by atoms with Crippen molar-refractivity contribution in [1.82, 2.24) is 29.8 Å². The molecule has 1 aromatic rings. The van der Waals surface area contributed by atoms with Crippen LogP contribution < -0.4 is 5.32 Å².